The number of nitrogens with one attached hydrogen (secondary N) is 2. The van der Waals surface area contributed by atoms with Crippen molar-refractivity contribution in [3.63, 3.8) is 0 Å². The van der Waals surface area contributed by atoms with Crippen molar-refractivity contribution >= 4 is 17.6 Å². The molecule has 0 bridgehead atoms. The van der Waals surface area contributed by atoms with Crippen LogP contribution in [0.15, 0.2) is 24.3 Å². The highest BCUT2D eigenvalue weighted by Crippen LogP contribution is 2.14. The van der Waals surface area contributed by atoms with E-state index in [1.54, 1.807) is 6.92 Å². The van der Waals surface area contributed by atoms with Gasteiger partial charge in [-0.3, -0.25) is 10.1 Å². The minimum atomic E-state index is -0.844. The summed E-state index contributed by atoms with van der Waals surface area (Å²) in [6.45, 7) is 3.59. The van der Waals surface area contributed by atoms with E-state index >= 15 is 0 Å². The molecule has 0 radical (unpaired) electrons. The van der Waals surface area contributed by atoms with Crippen LogP contribution in [0, 0.1) is 6.92 Å². The van der Waals surface area contributed by atoms with Crippen molar-refractivity contribution in [2.75, 3.05) is 5.32 Å². The summed E-state index contributed by atoms with van der Waals surface area (Å²) in [6.07, 6.45) is 0. The molecule has 0 fully saturated rings. The van der Waals surface area contributed by atoms with Crippen molar-refractivity contribution in [3.8, 4) is 0 Å². The third-order valence-corrected chi connectivity index (χ3v) is 2.16. The number of rotatable bonds is 3. The quantitative estimate of drug-likeness (QED) is 0.711. The van der Waals surface area contributed by atoms with Gasteiger partial charge in [0.15, 0.2) is 0 Å². The summed E-state index contributed by atoms with van der Waals surface area (Å²) in [4.78, 5) is 21.9. The molecule has 0 heterocycles. The van der Waals surface area contributed by atoms with Gasteiger partial charge >= 0.3 is 6.03 Å². The average Bonchev–Trinajstić information content (AvgIpc) is 2.20. The Hall–Kier alpha value is -2.04. The molecule has 0 spiro atoms. The Kier molecular flexibility index (Phi) is 3.88. The van der Waals surface area contributed by atoms with Crippen LogP contribution in [0.3, 0.4) is 0 Å². The summed E-state index contributed by atoms with van der Waals surface area (Å²) in [7, 11) is 0. The van der Waals surface area contributed by atoms with E-state index in [2.05, 4.69) is 5.32 Å². The smallest absolute Gasteiger partial charge is 0.318 e. The predicted molar refractivity (Wildman–Crippen MR) is 62.0 cm³/mol. The van der Waals surface area contributed by atoms with Crippen molar-refractivity contribution in [1.29, 1.82) is 0 Å². The third kappa shape index (κ3) is 3.27. The van der Waals surface area contributed by atoms with Crippen LogP contribution >= 0.6 is 0 Å². The van der Waals surface area contributed by atoms with E-state index < -0.39 is 18.0 Å². The Bertz CT molecular complexity index is 404. The van der Waals surface area contributed by atoms with E-state index in [1.807, 2.05) is 36.5 Å². The van der Waals surface area contributed by atoms with Gasteiger partial charge < -0.3 is 11.1 Å². The van der Waals surface area contributed by atoms with E-state index in [1.165, 1.54) is 0 Å². The molecule has 1 rings (SSSR count). The number of carbonyl (C=O) groups excluding carboxylic acids is 2. The van der Waals surface area contributed by atoms with Gasteiger partial charge in [-0.2, -0.15) is 0 Å². The molecule has 1 aromatic rings. The van der Waals surface area contributed by atoms with Gasteiger partial charge in [-0.05, 0) is 25.5 Å². The molecular weight excluding hydrogens is 206 g/mol. The summed E-state index contributed by atoms with van der Waals surface area (Å²) in [5.41, 5.74) is 6.74. The molecule has 4 N–H and O–H groups in total. The number of para-hydroxylation sites is 1. The van der Waals surface area contributed by atoms with Gasteiger partial charge in [0, 0.05) is 5.69 Å². The van der Waals surface area contributed by atoms with Crippen molar-refractivity contribution in [2.45, 2.75) is 19.9 Å². The molecule has 1 aromatic carbocycles. The lowest BCUT2D eigenvalue weighted by Crippen LogP contribution is -2.43. The van der Waals surface area contributed by atoms with Gasteiger partial charge in [-0.15, -0.1) is 0 Å². The van der Waals surface area contributed by atoms with Crippen LogP contribution < -0.4 is 16.4 Å². The highest BCUT2D eigenvalue weighted by Gasteiger charge is 2.14. The fraction of sp³-hybridized carbons (Fsp3) is 0.273. The first kappa shape index (κ1) is 12.0. The SMILES string of the molecule is Cc1ccccc1NC(C)C(=O)NC(N)=O. The number of carbonyl (C=O) groups is 2. The Morgan fingerprint density at radius 1 is 1.31 bits per heavy atom. The molecule has 0 aliphatic rings. The van der Waals surface area contributed by atoms with Gasteiger partial charge in [0.05, 0.1) is 0 Å². The van der Waals surface area contributed by atoms with E-state index in [9.17, 15) is 9.59 Å². The lowest BCUT2D eigenvalue weighted by atomic mass is 10.2. The summed E-state index contributed by atoms with van der Waals surface area (Å²) in [5.74, 6) is -0.448. The van der Waals surface area contributed by atoms with Crippen LogP contribution in [-0.4, -0.2) is 18.0 Å². The molecule has 0 aromatic heterocycles. The number of hydrogen-bond donors (Lipinski definition) is 3. The number of benzene rings is 1. The van der Waals surface area contributed by atoms with E-state index in [4.69, 9.17) is 5.73 Å². The van der Waals surface area contributed by atoms with Crippen LogP contribution in [0.25, 0.3) is 0 Å². The fourth-order valence-corrected chi connectivity index (χ4v) is 1.26. The highest BCUT2D eigenvalue weighted by molar-refractivity contribution is 5.97. The molecule has 0 aliphatic heterocycles. The van der Waals surface area contributed by atoms with E-state index in [-0.39, 0.29) is 0 Å². The Labute approximate surface area is 94.0 Å². The van der Waals surface area contributed by atoms with Crippen molar-refractivity contribution < 1.29 is 9.59 Å². The monoisotopic (exact) mass is 221 g/mol. The molecule has 3 amide bonds. The lowest BCUT2D eigenvalue weighted by molar-refractivity contribution is -0.120. The zero-order valence-electron chi connectivity index (χ0n) is 9.28. The van der Waals surface area contributed by atoms with Crippen molar-refractivity contribution in [3.05, 3.63) is 29.8 Å². The first-order chi connectivity index (χ1) is 7.50. The molecule has 16 heavy (non-hydrogen) atoms. The molecule has 0 aliphatic carbocycles. The molecule has 1 atom stereocenters. The zero-order valence-corrected chi connectivity index (χ0v) is 9.28. The Morgan fingerprint density at radius 2 is 1.94 bits per heavy atom. The number of amides is 3. The second kappa shape index (κ2) is 5.16. The van der Waals surface area contributed by atoms with E-state index in [0.29, 0.717) is 0 Å². The number of nitrogens with two attached hydrogens (primary N) is 1. The standard InChI is InChI=1S/C11H15N3O2/c1-7-5-3-4-6-9(7)13-8(2)10(15)14-11(12)16/h3-6,8,13H,1-2H3,(H3,12,14,15,16). The minimum absolute atomic E-state index is 0.448. The van der Waals surface area contributed by atoms with Gasteiger partial charge in [-0.1, -0.05) is 18.2 Å². The molecule has 1 unspecified atom stereocenters. The molecule has 0 saturated heterocycles. The Morgan fingerprint density at radius 3 is 2.50 bits per heavy atom. The summed E-state index contributed by atoms with van der Waals surface area (Å²) in [5, 5.41) is 5.02. The average molecular weight is 221 g/mol. The molecule has 5 nitrogen and oxygen atoms in total. The normalized spacial score (nSPS) is 11.6. The maximum atomic E-state index is 11.4. The number of anilines is 1. The number of hydrogen-bond acceptors (Lipinski definition) is 3. The lowest BCUT2D eigenvalue weighted by Gasteiger charge is -2.15. The van der Waals surface area contributed by atoms with Crippen molar-refractivity contribution in [2.24, 2.45) is 5.73 Å². The zero-order chi connectivity index (χ0) is 12.1. The van der Waals surface area contributed by atoms with Crippen molar-refractivity contribution in [1.82, 2.24) is 5.32 Å². The van der Waals surface area contributed by atoms with Crippen LogP contribution in [0.4, 0.5) is 10.5 Å². The summed E-state index contributed by atoms with van der Waals surface area (Å²) >= 11 is 0. The second-order valence-electron chi connectivity index (χ2n) is 3.53. The van der Waals surface area contributed by atoms with Gasteiger partial charge in [0.2, 0.25) is 5.91 Å². The summed E-state index contributed by atoms with van der Waals surface area (Å²) < 4.78 is 0. The molecule has 5 heteroatoms. The van der Waals surface area contributed by atoms with Crippen LogP contribution in [0.5, 0.6) is 0 Å². The predicted octanol–water partition coefficient (Wildman–Crippen LogP) is 0.990. The third-order valence-electron chi connectivity index (χ3n) is 2.16. The van der Waals surface area contributed by atoms with Gasteiger partial charge in [0.25, 0.3) is 0 Å². The van der Waals surface area contributed by atoms with Crippen LogP contribution in [0.2, 0.25) is 0 Å². The number of primary amides is 1. The summed E-state index contributed by atoms with van der Waals surface area (Å²) in [6, 6.07) is 6.21. The Balaban J connectivity index is 2.64. The molecular formula is C11H15N3O2. The van der Waals surface area contributed by atoms with Gasteiger partial charge in [0.1, 0.15) is 6.04 Å². The maximum Gasteiger partial charge on any atom is 0.318 e. The minimum Gasteiger partial charge on any atom is -0.374 e. The highest BCUT2D eigenvalue weighted by atomic mass is 16.2. The van der Waals surface area contributed by atoms with E-state index in [0.717, 1.165) is 11.3 Å². The molecule has 0 saturated carbocycles. The molecule has 86 valence electrons. The largest absolute Gasteiger partial charge is 0.374 e. The number of urea groups is 1. The number of aryl methyl sites for hydroxylation is 1. The first-order valence-electron chi connectivity index (χ1n) is 4.93. The first-order valence-corrected chi connectivity index (χ1v) is 4.93. The fourth-order valence-electron chi connectivity index (χ4n) is 1.26. The van der Waals surface area contributed by atoms with Crippen LogP contribution in [0.1, 0.15) is 12.5 Å². The second-order valence-corrected chi connectivity index (χ2v) is 3.53. The van der Waals surface area contributed by atoms with Gasteiger partial charge in [-0.25, -0.2) is 4.79 Å². The topological polar surface area (TPSA) is 84.2 Å². The number of imide groups is 1. The van der Waals surface area contributed by atoms with Crippen LogP contribution in [-0.2, 0) is 4.79 Å². The maximum absolute atomic E-state index is 11.4.